The second kappa shape index (κ2) is 3.58. The largest absolute Gasteiger partial charge is 0.322 e. The monoisotopic (exact) mass is 200 g/mol. The predicted octanol–water partition coefficient (Wildman–Crippen LogP) is 2.00. The van der Waals surface area contributed by atoms with Gasteiger partial charge in [-0.25, -0.2) is 5.43 Å². The molecule has 10 heavy (non-hydrogen) atoms. The molecule has 0 atom stereocenters. The molecule has 1 aromatic carbocycles. The van der Waals surface area contributed by atoms with Crippen LogP contribution in [0.15, 0.2) is 28.7 Å². The van der Waals surface area contributed by atoms with Crippen molar-refractivity contribution in [3.8, 4) is 0 Å². The van der Waals surface area contributed by atoms with Gasteiger partial charge in [0.2, 0.25) is 0 Å². The number of rotatable bonds is 2. The number of benzene rings is 1. The number of halogens is 1. The van der Waals surface area contributed by atoms with Gasteiger partial charge in [-0.2, -0.15) is 0 Å². The number of anilines is 1. The lowest BCUT2D eigenvalue weighted by Crippen LogP contribution is -2.14. The highest BCUT2D eigenvalue weighted by Crippen LogP contribution is 2.12. The van der Waals surface area contributed by atoms with E-state index in [1.54, 1.807) is 0 Å². The molecule has 54 valence electrons. The molecule has 0 saturated heterocycles. The maximum absolute atomic E-state index is 3.35. The first kappa shape index (κ1) is 7.57. The SMILES string of the molecule is CNNc1ccc(Br)cc1. The van der Waals surface area contributed by atoms with Crippen molar-refractivity contribution in [1.82, 2.24) is 5.43 Å². The standard InChI is InChI=1S/C7H9BrN2/c1-9-10-7-4-2-6(8)3-5-7/h2-5,9-10H,1H3. The van der Waals surface area contributed by atoms with Gasteiger partial charge in [0.15, 0.2) is 0 Å². The summed E-state index contributed by atoms with van der Waals surface area (Å²) in [4.78, 5) is 0. The molecule has 3 heteroatoms. The van der Waals surface area contributed by atoms with E-state index in [1.807, 2.05) is 31.3 Å². The molecule has 0 unspecified atom stereocenters. The Kier molecular flexibility index (Phi) is 2.71. The molecule has 0 amide bonds. The highest BCUT2D eigenvalue weighted by molar-refractivity contribution is 9.10. The number of nitrogens with one attached hydrogen (secondary N) is 2. The quantitative estimate of drug-likeness (QED) is 0.715. The van der Waals surface area contributed by atoms with Crippen molar-refractivity contribution >= 4 is 21.6 Å². The van der Waals surface area contributed by atoms with E-state index < -0.39 is 0 Å². The Morgan fingerprint density at radius 3 is 2.30 bits per heavy atom. The first-order valence-electron chi connectivity index (χ1n) is 3.01. The van der Waals surface area contributed by atoms with Crippen molar-refractivity contribution < 1.29 is 0 Å². The molecule has 0 aliphatic rings. The molecule has 0 aliphatic carbocycles. The van der Waals surface area contributed by atoms with Crippen LogP contribution in [0.4, 0.5) is 5.69 Å². The van der Waals surface area contributed by atoms with E-state index in [2.05, 4.69) is 26.8 Å². The summed E-state index contributed by atoms with van der Waals surface area (Å²) >= 11 is 3.35. The van der Waals surface area contributed by atoms with Crippen LogP contribution in [0.2, 0.25) is 0 Å². The fourth-order valence-corrected chi connectivity index (χ4v) is 0.942. The minimum absolute atomic E-state index is 1.06. The molecule has 1 rings (SSSR count). The van der Waals surface area contributed by atoms with Gasteiger partial charge in [0, 0.05) is 17.2 Å². The second-order valence-corrected chi connectivity index (χ2v) is 2.80. The third-order valence-electron chi connectivity index (χ3n) is 1.11. The summed E-state index contributed by atoms with van der Waals surface area (Å²) in [5, 5.41) is 0. The Bertz CT molecular complexity index is 195. The van der Waals surface area contributed by atoms with Gasteiger partial charge in [-0.05, 0) is 24.3 Å². The minimum atomic E-state index is 1.06. The van der Waals surface area contributed by atoms with Gasteiger partial charge in [-0.1, -0.05) is 15.9 Å². The van der Waals surface area contributed by atoms with Crippen molar-refractivity contribution in [2.75, 3.05) is 12.5 Å². The lowest BCUT2D eigenvalue weighted by Gasteiger charge is -2.02. The zero-order valence-corrected chi connectivity index (χ0v) is 7.27. The summed E-state index contributed by atoms with van der Waals surface area (Å²) < 4.78 is 1.09. The topological polar surface area (TPSA) is 24.1 Å². The third kappa shape index (κ3) is 2.01. The summed E-state index contributed by atoms with van der Waals surface area (Å²) in [6.07, 6.45) is 0. The van der Waals surface area contributed by atoms with E-state index in [4.69, 9.17) is 0 Å². The van der Waals surface area contributed by atoms with Gasteiger partial charge >= 0.3 is 0 Å². The van der Waals surface area contributed by atoms with Gasteiger partial charge in [0.1, 0.15) is 0 Å². The van der Waals surface area contributed by atoms with Gasteiger partial charge in [-0.3, -0.25) is 0 Å². The maximum Gasteiger partial charge on any atom is 0.0488 e. The van der Waals surface area contributed by atoms with E-state index in [0.717, 1.165) is 10.2 Å². The smallest absolute Gasteiger partial charge is 0.0488 e. The van der Waals surface area contributed by atoms with Crippen LogP contribution in [0.25, 0.3) is 0 Å². The molecule has 0 bridgehead atoms. The van der Waals surface area contributed by atoms with Gasteiger partial charge < -0.3 is 5.43 Å². The van der Waals surface area contributed by atoms with Crippen LogP contribution in [-0.2, 0) is 0 Å². The van der Waals surface area contributed by atoms with Crippen molar-refractivity contribution in [3.63, 3.8) is 0 Å². The normalized spacial score (nSPS) is 9.40. The molecular weight excluding hydrogens is 192 g/mol. The predicted molar refractivity (Wildman–Crippen MR) is 46.8 cm³/mol. The average molecular weight is 201 g/mol. The number of hydrogen-bond acceptors (Lipinski definition) is 2. The zero-order valence-electron chi connectivity index (χ0n) is 5.69. The van der Waals surface area contributed by atoms with E-state index in [9.17, 15) is 0 Å². The van der Waals surface area contributed by atoms with Gasteiger partial charge in [0.05, 0.1) is 0 Å². The van der Waals surface area contributed by atoms with E-state index in [-0.39, 0.29) is 0 Å². The summed E-state index contributed by atoms with van der Waals surface area (Å²) in [7, 11) is 1.84. The highest BCUT2D eigenvalue weighted by atomic mass is 79.9. The molecule has 0 saturated carbocycles. The third-order valence-corrected chi connectivity index (χ3v) is 1.64. The molecule has 0 radical (unpaired) electrons. The first-order chi connectivity index (χ1) is 4.83. The van der Waals surface area contributed by atoms with Crippen molar-refractivity contribution in [2.45, 2.75) is 0 Å². The molecule has 0 heterocycles. The van der Waals surface area contributed by atoms with Crippen LogP contribution in [0.3, 0.4) is 0 Å². The lowest BCUT2D eigenvalue weighted by molar-refractivity contribution is 0.984. The summed E-state index contributed by atoms with van der Waals surface area (Å²) in [5.41, 5.74) is 6.86. The summed E-state index contributed by atoms with van der Waals surface area (Å²) in [5.74, 6) is 0. The fraction of sp³-hybridized carbons (Fsp3) is 0.143. The van der Waals surface area contributed by atoms with Crippen molar-refractivity contribution in [1.29, 1.82) is 0 Å². The van der Waals surface area contributed by atoms with Gasteiger partial charge in [-0.15, -0.1) is 0 Å². The average Bonchev–Trinajstić information content (AvgIpc) is 1.95. The van der Waals surface area contributed by atoms with Crippen LogP contribution in [0, 0.1) is 0 Å². The Hall–Kier alpha value is -0.540. The molecule has 1 aromatic rings. The molecule has 0 aliphatic heterocycles. The molecule has 2 nitrogen and oxygen atoms in total. The lowest BCUT2D eigenvalue weighted by atomic mass is 10.3. The van der Waals surface area contributed by atoms with Crippen LogP contribution in [0.1, 0.15) is 0 Å². The second-order valence-electron chi connectivity index (χ2n) is 1.88. The molecular formula is C7H9BrN2. The van der Waals surface area contributed by atoms with E-state index in [1.165, 1.54) is 0 Å². The highest BCUT2D eigenvalue weighted by Gasteiger charge is 1.86. The summed E-state index contributed by atoms with van der Waals surface area (Å²) in [6, 6.07) is 7.94. The fourth-order valence-electron chi connectivity index (χ4n) is 0.678. The van der Waals surface area contributed by atoms with E-state index >= 15 is 0 Å². The van der Waals surface area contributed by atoms with Crippen LogP contribution < -0.4 is 10.9 Å². The first-order valence-corrected chi connectivity index (χ1v) is 3.80. The molecule has 2 N–H and O–H groups in total. The summed E-state index contributed by atoms with van der Waals surface area (Å²) in [6.45, 7) is 0. The minimum Gasteiger partial charge on any atom is -0.322 e. The Balaban J connectivity index is 2.69. The zero-order chi connectivity index (χ0) is 7.40. The van der Waals surface area contributed by atoms with Crippen LogP contribution >= 0.6 is 15.9 Å². The van der Waals surface area contributed by atoms with Crippen molar-refractivity contribution in [3.05, 3.63) is 28.7 Å². The number of hydrogen-bond donors (Lipinski definition) is 2. The van der Waals surface area contributed by atoms with E-state index in [0.29, 0.717) is 0 Å². The van der Waals surface area contributed by atoms with Crippen LogP contribution in [0.5, 0.6) is 0 Å². The molecule has 0 aromatic heterocycles. The van der Waals surface area contributed by atoms with Gasteiger partial charge in [0.25, 0.3) is 0 Å². The van der Waals surface area contributed by atoms with Crippen LogP contribution in [-0.4, -0.2) is 7.05 Å². The van der Waals surface area contributed by atoms with Crippen molar-refractivity contribution in [2.24, 2.45) is 0 Å². The number of hydrazine groups is 1. The Labute approximate surface area is 68.7 Å². The maximum atomic E-state index is 3.35. The molecule has 0 spiro atoms. The molecule has 0 fully saturated rings. The Morgan fingerprint density at radius 1 is 1.20 bits per heavy atom. The Morgan fingerprint density at radius 2 is 1.80 bits per heavy atom.